The number of nitrogens with zero attached hydrogens (tertiary/aromatic N) is 2. The van der Waals surface area contributed by atoms with E-state index in [-0.39, 0.29) is 5.91 Å². The molecule has 0 aliphatic heterocycles. The molecule has 0 saturated heterocycles. The first kappa shape index (κ1) is 23.2. The zero-order valence-corrected chi connectivity index (χ0v) is 17.6. The molecule has 1 amide bonds. The van der Waals surface area contributed by atoms with Crippen LogP contribution in [0, 0.1) is 11.8 Å². The summed E-state index contributed by atoms with van der Waals surface area (Å²) < 4.78 is 0. The van der Waals surface area contributed by atoms with Crippen molar-refractivity contribution >= 4 is 5.91 Å². The average molecular weight is 347 g/mol. The summed E-state index contributed by atoms with van der Waals surface area (Å²) >= 11 is 0. The molecule has 0 radical (unpaired) electrons. The number of rotatable bonds is 8. The van der Waals surface area contributed by atoms with Crippen LogP contribution in [0.25, 0.3) is 0 Å². The van der Waals surface area contributed by atoms with Crippen LogP contribution in [0.2, 0.25) is 0 Å². The molecule has 0 aromatic heterocycles. The zero-order valence-electron chi connectivity index (χ0n) is 17.6. The Kier molecular flexibility index (Phi) is 10.9. The lowest BCUT2D eigenvalue weighted by Crippen LogP contribution is -2.30. The van der Waals surface area contributed by atoms with Crippen molar-refractivity contribution in [2.24, 2.45) is 11.8 Å². The first-order valence-electron chi connectivity index (χ1n) is 9.44. The molecule has 0 N–H and O–H groups in total. The van der Waals surface area contributed by atoms with Crippen LogP contribution in [-0.2, 0) is 6.42 Å². The van der Waals surface area contributed by atoms with Gasteiger partial charge in [-0.2, -0.15) is 0 Å². The van der Waals surface area contributed by atoms with Crippen LogP contribution in [0.4, 0.5) is 0 Å². The van der Waals surface area contributed by atoms with Gasteiger partial charge in [-0.25, -0.2) is 0 Å². The van der Waals surface area contributed by atoms with Crippen molar-refractivity contribution in [3.05, 3.63) is 47.7 Å². The maximum atomic E-state index is 12.5. The van der Waals surface area contributed by atoms with Crippen LogP contribution in [0.3, 0.4) is 0 Å². The molecule has 0 spiro atoms. The van der Waals surface area contributed by atoms with Crippen LogP contribution < -0.4 is 0 Å². The highest BCUT2D eigenvalue weighted by Gasteiger charge is 2.13. The quantitative estimate of drug-likeness (QED) is 0.655. The van der Waals surface area contributed by atoms with E-state index in [1.54, 1.807) is 4.90 Å². The highest BCUT2D eigenvalue weighted by molar-refractivity contribution is 5.94. The number of allylic oxidation sites excluding steroid dienone is 1. The van der Waals surface area contributed by atoms with Crippen LogP contribution >= 0.6 is 0 Å². The van der Waals surface area contributed by atoms with E-state index < -0.39 is 0 Å². The number of likely N-dealkylation sites (N-methyl/N-ethyl adjacent to an activating group) is 1. The molecule has 0 bridgehead atoms. The Morgan fingerprint density at radius 3 is 2.04 bits per heavy atom. The minimum absolute atomic E-state index is 0.0849. The molecule has 0 heterocycles. The summed E-state index contributed by atoms with van der Waals surface area (Å²) in [5.41, 5.74) is 2.97. The molecule has 3 heteroatoms. The van der Waals surface area contributed by atoms with Gasteiger partial charge in [0.25, 0.3) is 5.91 Å². The normalized spacial score (nSPS) is 10.3. The molecule has 0 saturated carbocycles. The van der Waals surface area contributed by atoms with E-state index in [4.69, 9.17) is 0 Å². The maximum Gasteiger partial charge on any atom is 0.253 e. The van der Waals surface area contributed by atoms with E-state index in [2.05, 4.69) is 52.3 Å². The Morgan fingerprint density at radius 2 is 1.52 bits per heavy atom. The third kappa shape index (κ3) is 8.76. The molecule has 1 rings (SSSR count). The van der Waals surface area contributed by atoms with E-state index in [1.807, 2.05) is 39.1 Å². The lowest BCUT2D eigenvalue weighted by atomic mass is 10.0. The minimum Gasteiger partial charge on any atom is -0.378 e. The fourth-order valence-corrected chi connectivity index (χ4v) is 2.71. The predicted octanol–water partition coefficient (Wildman–Crippen LogP) is 5.08. The molecule has 142 valence electrons. The van der Waals surface area contributed by atoms with E-state index in [0.717, 1.165) is 36.3 Å². The Labute approximate surface area is 155 Å². The first-order valence-corrected chi connectivity index (χ1v) is 9.44. The highest BCUT2D eigenvalue weighted by atomic mass is 16.2. The van der Waals surface area contributed by atoms with Crippen molar-refractivity contribution in [1.29, 1.82) is 0 Å². The number of carbonyl (C=O) groups excluding carboxylic acids is 1. The Balaban J connectivity index is 0.00000277. The molecule has 3 nitrogen and oxygen atoms in total. The third-order valence-electron chi connectivity index (χ3n) is 3.75. The van der Waals surface area contributed by atoms with Crippen molar-refractivity contribution in [2.45, 2.75) is 48.0 Å². The number of benzene rings is 1. The summed E-state index contributed by atoms with van der Waals surface area (Å²) in [4.78, 5) is 16.5. The van der Waals surface area contributed by atoms with Gasteiger partial charge < -0.3 is 9.80 Å². The molecule has 0 aliphatic carbocycles. The fourth-order valence-electron chi connectivity index (χ4n) is 2.71. The van der Waals surface area contributed by atoms with Gasteiger partial charge in [-0.1, -0.05) is 60.3 Å². The minimum atomic E-state index is 0.0849. The van der Waals surface area contributed by atoms with Gasteiger partial charge in [-0.05, 0) is 29.5 Å². The zero-order chi connectivity index (χ0) is 19.6. The number of hydrogen-bond donors (Lipinski definition) is 0. The van der Waals surface area contributed by atoms with Gasteiger partial charge in [0.15, 0.2) is 0 Å². The summed E-state index contributed by atoms with van der Waals surface area (Å²) in [6.07, 6.45) is 0.776. The van der Waals surface area contributed by atoms with Crippen LogP contribution in [0.1, 0.15) is 57.5 Å². The molecular formula is C22H38N2O. The van der Waals surface area contributed by atoms with E-state index >= 15 is 0 Å². The van der Waals surface area contributed by atoms with Crippen LogP contribution in [0.5, 0.6) is 0 Å². The van der Waals surface area contributed by atoms with E-state index in [1.165, 1.54) is 0 Å². The second-order valence-electron chi connectivity index (χ2n) is 7.30. The lowest BCUT2D eigenvalue weighted by molar-refractivity contribution is 0.0779. The average Bonchev–Trinajstić information content (AvgIpc) is 2.55. The van der Waals surface area contributed by atoms with Crippen LogP contribution in [0.15, 0.2) is 36.5 Å². The van der Waals surface area contributed by atoms with Gasteiger partial charge in [0.2, 0.25) is 0 Å². The molecule has 0 unspecified atom stereocenters. The summed E-state index contributed by atoms with van der Waals surface area (Å²) in [5, 5.41) is 0. The smallest absolute Gasteiger partial charge is 0.253 e. The van der Waals surface area contributed by atoms with Gasteiger partial charge in [0.05, 0.1) is 0 Å². The van der Waals surface area contributed by atoms with Crippen molar-refractivity contribution in [1.82, 2.24) is 9.80 Å². The van der Waals surface area contributed by atoms with Crippen molar-refractivity contribution < 1.29 is 4.79 Å². The Bertz CT molecular complexity index is 535. The van der Waals surface area contributed by atoms with Gasteiger partial charge in [-0.3, -0.25) is 4.79 Å². The highest BCUT2D eigenvalue weighted by Crippen LogP contribution is 2.14. The third-order valence-corrected chi connectivity index (χ3v) is 3.75. The standard InChI is InChI=1S/C20H32N2O.C2H6/c1-15(2)13-21(6)17(5)11-18-9-8-10-19(12-18)20(23)22(7)14-16(3)4;1-2/h8-10,12,15-16H,5,11,13-14H2,1-4,6-7H3;1-2H3. The topological polar surface area (TPSA) is 23.6 Å². The molecule has 0 atom stereocenters. The van der Waals surface area contributed by atoms with Crippen molar-refractivity contribution in [2.75, 3.05) is 27.2 Å². The van der Waals surface area contributed by atoms with Gasteiger partial charge in [0, 0.05) is 44.9 Å². The van der Waals surface area contributed by atoms with Crippen molar-refractivity contribution in [3.63, 3.8) is 0 Å². The van der Waals surface area contributed by atoms with E-state index in [9.17, 15) is 4.79 Å². The fraction of sp³-hybridized carbons (Fsp3) is 0.591. The monoisotopic (exact) mass is 346 g/mol. The number of amides is 1. The van der Waals surface area contributed by atoms with Crippen LogP contribution in [-0.4, -0.2) is 42.9 Å². The van der Waals surface area contributed by atoms with E-state index in [0.29, 0.717) is 11.8 Å². The second-order valence-corrected chi connectivity index (χ2v) is 7.30. The lowest BCUT2D eigenvalue weighted by Gasteiger charge is -2.24. The summed E-state index contributed by atoms with van der Waals surface area (Å²) in [7, 11) is 3.94. The predicted molar refractivity (Wildman–Crippen MR) is 110 cm³/mol. The molecule has 0 fully saturated rings. The summed E-state index contributed by atoms with van der Waals surface area (Å²) in [6, 6.07) is 7.91. The number of hydrogen-bond acceptors (Lipinski definition) is 2. The Hall–Kier alpha value is -1.77. The van der Waals surface area contributed by atoms with Gasteiger partial charge >= 0.3 is 0 Å². The second kappa shape index (κ2) is 11.7. The Morgan fingerprint density at radius 1 is 1.00 bits per heavy atom. The maximum absolute atomic E-state index is 12.5. The largest absolute Gasteiger partial charge is 0.378 e. The van der Waals surface area contributed by atoms with Gasteiger partial charge in [-0.15, -0.1) is 0 Å². The van der Waals surface area contributed by atoms with Gasteiger partial charge in [0.1, 0.15) is 0 Å². The number of carbonyl (C=O) groups is 1. The molecule has 1 aromatic carbocycles. The molecule has 1 aromatic rings. The molecular weight excluding hydrogens is 308 g/mol. The first-order chi connectivity index (χ1) is 11.7. The SMILES string of the molecule is C=C(Cc1cccc(C(=O)N(C)CC(C)C)c1)N(C)CC(C)C.CC. The summed E-state index contributed by atoms with van der Waals surface area (Å²) in [6.45, 7) is 18.6. The van der Waals surface area contributed by atoms with Crippen molar-refractivity contribution in [3.8, 4) is 0 Å². The molecule has 0 aliphatic rings. The summed E-state index contributed by atoms with van der Waals surface area (Å²) in [5.74, 6) is 1.16. The molecule has 25 heavy (non-hydrogen) atoms.